The van der Waals surface area contributed by atoms with Crippen LogP contribution in [-0.4, -0.2) is 58.0 Å². The summed E-state index contributed by atoms with van der Waals surface area (Å²) in [5.41, 5.74) is 0. The summed E-state index contributed by atoms with van der Waals surface area (Å²) in [6, 6.07) is 0. The van der Waals surface area contributed by atoms with Gasteiger partial charge in [0, 0.05) is 32.0 Å². The van der Waals surface area contributed by atoms with Gasteiger partial charge in [0.05, 0.1) is 6.10 Å². The maximum absolute atomic E-state index is 5.66. The third-order valence-electron chi connectivity index (χ3n) is 4.04. The quantitative estimate of drug-likeness (QED) is 0.361. The molecule has 9 heteroatoms. The zero-order valence-corrected chi connectivity index (χ0v) is 18.1. The number of aryl methyl sites for hydroxylation is 1. The Labute approximate surface area is 165 Å². The smallest absolute Gasteiger partial charge is 0.191 e. The highest BCUT2D eigenvalue weighted by atomic mass is 127. The number of aliphatic imine (C=N–C) groups is 1. The highest BCUT2D eigenvalue weighted by molar-refractivity contribution is 14.0. The lowest BCUT2D eigenvalue weighted by atomic mass is 10.2. The summed E-state index contributed by atoms with van der Waals surface area (Å²) in [5.74, 6) is 2.56. The van der Waals surface area contributed by atoms with E-state index in [0.717, 1.165) is 50.1 Å². The SMILES string of the molecule is CSC(C)CNC(=NCc1nnc(C)n1C)NCC1CCCO1.I. The van der Waals surface area contributed by atoms with E-state index in [9.17, 15) is 0 Å². The number of hydrogen-bond donors (Lipinski definition) is 2. The molecular formula is C15H29IN6OS. The monoisotopic (exact) mass is 468 g/mol. The molecule has 1 aromatic heterocycles. The van der Waals surface area contributed by atoms with Gasteiger partial charge in [-0.1, -0.05) is 6.92 Å². The fourth-order valence-electron chi connectivity index (χ4n) is 2.25. The molecule has 7 nitrogen and oxygen atoms in total. The average molecular weight is 468 g/mol. The highest BCUT2D eigenvalue weighted by Crippen LogP contribution is 2.10. The van der Waals surface area contributed by atoms with E-state index in [2.05, 4.69) is 39.0 Å². The minimum absolute atomic E-state index is 0. The van der Waals surface area contributed by atoms with E-state index in [1.54, 1.807) is 0 Å². The molecule has 138 valence electrons. The van der Waals surface area contributed by atoms with Crippen molar-refractivity contribution < 1.29 is 4.74 Å². The van der Waals surface area contributed by atoms with Crippen molar-refractivity contribution in [2.75, 3.05) is 26.0 Å². The van der Waals surface area contributed by atoms with Gasteiger partial charge in [0.1, 0.15) is 12.4 Å². The molecule has 1 fully saturated rings. The molecule has 1 aliphatic rings. The first-order valence-corrected chi connectivity index (χ1v) is 9.40. The zero-order valence-electron chi connectivity index (χ0n) is 14.9. The van der Waals surface area contributed by atoms with Crippen LogP contribution in [0.3, 0.4) is 0 Å². The van der Waals surface area contributed by atoms with Crippen molar-refractivity contribution in [1.82, 2.24) is 25.4 Å². The van der Waals surface area contributed by atoms with Gasteiger partial charge in [-0.15, -0.1) is 34.2 Å². The van der Waals surface area contributed by atoms with Crippen LogP contribution in [0.2, 0.25) is 0 Å². The fourth-order valence-corrected chi connectivity index (χ4v) is 2.50. The van der Waals surface area contributed by atoms with Crippen LogP contribution >= 0.6 is 35.7 Å². The lowest BCUT2D eigenvalue weighted by Gasteiger charge is -2.17. The summed E-state index contributed by atoms with van der Waals surface area (Å²) in [7, 11) is 1.96. The molecule has 0 amide bonds. The number of ether oxygens (including phenoxy) is 1. The van der Waals surface area contributed by atoms with E-state index >= 15 is 0 Å². The van der Waals surface area contributed by atoms with Crippen LogP contribution in [0, 0.1) is 6.92 Å². The van der Waals surface area contributed by atoms with Crippen molar-refractivity contribution >= 4 is 41.7 Å². The van der Waals surface area contributed by atoms with Crippen LogP contribution in [0.4, 0.5) is 0 Å². The van der Waals surface area contributed by atoms with Gasteiger partial charge < -0.3 is 19.9 Å². The molecule has 1 saturated heterocycles. The Hall–Kier alpha value is -0.550. The molecule has 0 spiro atoms. The van der Waals surface area contributed by atoms with Crippen LogP contribution in [0.15, 0.2) is 4.99 Å². The summed E-state index contributed by atoms with van der Waals surface area (Å²) >= 11 is 1.83. The zero-order chi connectivity index (χ0) is 16.7. The van der Waals surface area contributed by atoms with Crippen molar-refractivity contribution in [3.05, 3.63) is 11.6 Å². The molecule has 1 aliphatic heterocycles. The minimum Gasteiger partial charge on any atom is -0.376 e. The number of thioether (sulfide) groups is 1. The second-order valence-electron chi connectivity index (χ2n) is 5.83. The van der Waals surface area contributed by atoms with Gasteiger partial charge in [-0.05, 0) is 26.0 Å². The lowest BCUT2D eigenvalue weighted by Crippen LogP contribution is -2.43. The predicted molar refractivity (Wildman–Crippen MR) is 110 cm³/mol. The second kappa shape index (κ2) is 11.1. The molecule has 24 heavy (non-hydrogen) atoms. The van der Waals surface area contributed by atoms with Crippen LogP contribution in [0.1, 0.15) is 31.4 Å². The summed E-state index contributed by atoms with van der Waals surface area (Å²) in [4.78, 5) is 4.64. The van der Waals surface area contributed by atoms with E-state index in [1.165, 1.54) is 0 Å². The number of rotatable bonds is 7. The summed E-state index contributed by atoms with van der Waals surface area (Å²) in [6.45, 7) is 7.17. The van der Waals surface area contributed by atoms with Crippen molar-refractivity contribution in [3.63, 3.8) is 0 Å². The second-order valence-corrected chi connectivity index (χ2v) is 7.11. The Morgan fingerprint density at radius 2 is 2.25 bits per heavy atom. The molecule has 2 heterocycles. The van der Waals surface area contributed by atoms with Crippen LogP contribution in [-0.2, 0) is 18.3 Å². The number of nitrogens with zero attached hydrogens (tertiary/aromatic N) is 4. The number of hydrogen-bond acceptors (Lipinski definition) is 5. The topological polar surface area (TPSA) is 76.4 Å². The number of guanidine groups is 1. The van der Waals surface area contributed by atoms with Crippen LogP contribution < -0.4 is 10.6 Å². The third kappa shape index (κ3) is 6.75. The average Bonchev–Trinajstić information content (AvgIpc) is 3.18. The van der Waals surface area contributed by atoms with Gasteiger partial charge in [0.15, 0.2) is 11.8 Å². The first-order valence-electron chi connectivity index (χ1n) is 8.11. The molecule has 0 aromatic carbocycles. The maximum atomic E-state index is 5.66. The van der Waals surface area contributed by atoms with Crippen molar-refractivity contribution in [3.8, 4) is 0 Å². The number of aromatic nitrogens is 3. The Kier molecular flexibility index (Phi) is 9.98. The van der Waals surface area contributed by atoms with Gasteiger partial charge >= 0.3 is 0 Å². The third-order valence-corrected chi connectivity index (χ3v) is 5.01. The maximum Gasteiger partial charge on any atom is 0.191 e. The first-order chi connectivity index (χ1) is 11.1. The van der Waals surface area contributed by atoms with Gasteiger partial charge in [0.25, 0.3) is 0 Å². The minimum atomic E-state index is 0. The Bertz CT molecular complexity index is 518. The lowest BCUT2D eigenvalue weighted by molar-refractivity contribution is 0.114. The Morgan fingerprint density at radius 1 is 1.46 bits per heavy atom. The standard InChI is InChI=1S/C15H28N6OS.HI/c1-11(23-4)8-16-15(17-9-13-6-5-7-22-13)18-10-14-20-19-12(2)21(14)3;/h11,13H,5-10H2,1-4H3,(H2,16,17,18);1H. The van der Waals surface area contributed by atoms with E-state index in [4.69, 9.17) is 4.74 Å². The molecule has 0 aliphatic carbocycles. The van der Waals surface area contributed by atoms with Crippen molar-refractivity contribution in [2.24, 2.45) is 12.0 Å². The normalized spacial score (nSPS) is 19.0. The van der Waals surface area contributed by atoms with E-state index in [-0.39, 0.29) is 30.1 Å². The molecule has 2 rings (SSSR count). The van der Waals surface area contributed by atoms with Crippen LogP contribution in [0.5, 0.6) is 0 Å². The largest absolute Gasteiger partial charge is 0.376 e. The molecule has 2 atom stereocenters. The molecule has 1 aromatic rings. The molecule has 0 saturated carbocycles. The van der Waals surface area contributed by atoms with Gasteiger partial charge in [0.2, 0.25) is 0 Å². The van der Waals surface area contributed by atoms with E-state index < -0.39 is 0 Å². The van der Waals surface area contributed by atoms with Gasteiger partial charge in [-0.2, -0.15) is 11.8 Å². The Balaban J connectivity index is 0.00000288. The van der Waals surface area contributed by atoms with Crippen molar-refractivity contribution in [1.29, 1.82) is 0 Å². The number of nitrogens with one attached hydrogen (secondary N) is 2. The van der Waals surface area contributed by atoms with E-state index in [0.29, 0.717) is 11.8 Å². The molecular weight excluding hydrogens is 439 g/mol. The van der Waals surface area contributed by atoms with Crippen molar-refractivity contribution in [2.45, 2.75) is 44.6 Å². The van der Waals surface area contributed by atoms with Crippen LogP contribution in [0.25, 0.3) is 0 Å². The Morgan fingerprint density at radius 3 is 2.83 bits per heavy atom. The summed E-state index contributed by atoms with van der Waals surface area (Å²) in [5, 5.41) is 15.5. The molecule has 2 unspecified atom stereocenters. The summed E-state index contributed by atoms with van der Waals surface area (Å²) < 4.78 is 7.62. The van der Waals surface area contributed by atoms with E-state index in [1.807, 2.05) is 30.3 Å². The van der Waals surface area contributed by atoms with Gasteiger partial charge in [-0.3, -0.25) is 0 Å². The highest BCUT2D eigenvalue weighted by Gasteiger charge is 2.16. The summed E-state index contributed by atoms with van der Waals surface area (Å²) in [6.07, 6.45) is 4.67. The van der Waals surface area contributed by atoms with Gasteiger partial charge in [-0.25, -0.2) is 4.99 Å². The first kappa shape index (κ1) is 21.5. The number of halogens is 1. The molecule has 2 N–H and O–H groups in total. The molecule has 0 radical (unpaired) electrons. The fraction of sp³-hybridized carbons (Fsp3) is 0.800. The molecule has 0 bridgehead atoms. The predicted octanol–water partition coefficient (Wildman–Crippen LogP) is 1.71.